The summed E-state index contributed by atoms with van der Waals surface area (Å²) in [5.41, 5.74) is 5.41. The van der Waals surface area contributed by atoms with Crippen LogP contribution in [0.15, 0.2) is 78.9 Å². The lowest BCUT2D eigenvalue weighted by Gasteiger charge is -2.40. The summed E-state index contributed by atoms with van der Waals surface area (Å²) in [4.78, 5) is 57.0. The smallest absolute Gasteiger partial charge is 0.329 e. The highest BCUT2D eigenvalue weighted by Crippen LogP contribution is 2.57. The Morgan fingerprint density at radius 2 is 1.53 bits per heavy atom. The van der Waals surface area contributed by atoms with E-state index in [1.807, 2.05) is 42.2 Å². The molecule has 0 bridgehead atoms. The van der Waals surface area contributed by atoms with Crippen LogP contribution in [0.5, 0.6) is 17.2 Å². The number of imide groups is 1. The SMILES string of the molecule is CC1c2c(cc(F)c(Cl)c2-c2c(C(N)=O)ccc(Oc3ccccc3Cl)c2F)OC1(CNC1CCC(C(=O)N2CCC(CN3CCC(c4c(F)cc5c(N6CCC(=O)NC6=O)nn(C)c5c4F)CC3)CC2)CC1)c1ccccc1. The predicted octanol–water partition coefficient (Wildman–Crippen LogP) is 11.1. The minimum atomic E-state index is -1.14. The van der Waals surface area contributed by atoms with Crippen LogP contribution in [0.25, 0.3) is 22.0 Å². The summed E-state index contributed by atoms with van der Waals surface area (Å²) in [6, 6.07) is 20.4. The zero-order valence-electron chi connectivity index (χ0n) is 43.7. The summed E-state index contributed by atoms with van der Waals surface area (Å²) in [5, 5.41) is 10.3. The number of fused-ring (bicyclic) bond motifs is 2. The maximum Gasteiger partial charge on any atom is 0.329 e. The fraction of sp³-hybridized carbons (Fsp3) is 0.407. The van der Waals surface area contributed by atoms with Crippen LogP contribution >= 0.6 is 23.2 Å². The van der Waals surface area contributed by atoms with Crippen molar-refractivity contribution < 1.29 is 46.2 Å². The normalized spacial score (nSPS) is 22.3. The average molecular weight is 1120 g/mol. The van der Waals surface area contributed by atoms with Gasteiger partial charge < -0.3 is 30.3 Å². The second-order valence-electron chi connectivity index (χ2n) is 21.7. The first-order chi connectivity index (χ1) is 38.0. The Labute approximate surface area is 464 Å². The molecule has 2 atom stereocenters. The Balaban J connectivity index is 0.705. The van der Waals surface area contributed by atoms with Gasteiger partial charge in [0.05, 0.1) is 21.0 Å². The first kappa shape index (κ1) is 54.2. The lowest BCUT2D eigenvalue weighted by atomic mass is 9.77. The highest BCUT2D eigenvalue weighted by atomic mass is 35.5. The van der Waals surface area contributed by atoms with Gasteiger partial charge in [0.1, 0.15) is 28.7 Å². The molecule has 5 aromatic carbocycles. The second kappa shape index (κ2) is 22.1. The van der Waals surface area contributed by atoms with E-state index in [1.165, 1.54) is 33.8 Å². The number of para-hydroxylation sites is 1. The number of aryl methyl sites for hydroxylation is 1. The minimum absolute atomic E-state index is 0.0263. The number of anilines is 1. The maximum absolute atomic E-state index is 17.0. The molecule has 11 rings (SSSR count). The molecule has 0 spiro atoms. The number of carbonyl (C=O) groups excluding carboxylic acids is 4. The molecule has 1 saturated carbocycles. The van der Waals surface area contributed by atoms with Gasteiger partial charge in [-0.05, 0) is 112 Å². The Kier molecular flexibility index (Phi) is 15.2. The van der Waals surface area contributed by atoms with Crippen molar-refractivity contribution in [2.45, 2.75) is 88.2 Å². The van der Waals surface area contributed by atoms with E-state index in [0.29, 0.717) is 63.3 Å². The lowest BCUT2D eigenvalue weighted by molar-refractivity contribution is -0.138. The third kappa shape index (κ3) is 10.2. The Hall–Kier alpha value is -6.73. The molecule has 2 unspecified atom stereocenters. The van der Waals surface area contributed by atoms with E-state index in [0.717, 1.165) is 37.8 Å². The van der Waals surface area contributed by atoms with Crippen molar-refractivity contribution >= 4 is 63.7 Å². The summed E-state index contributed by atoms with van der Waals surface area (Å²) in [5.74, 6) is -4.94. The zero-order valence-corrected chi connectivity index (χ0v) is 45.2. The third-order valence-electron chi connectivity index (χ3n) is 17.1. The standard InChI is InChI=1S/C59H60Cl2F4N8O6/c1-32-47-45(29-42(63)51(61)50(47)49-38(55(66)75)16-17-44(52(49)64)78-43-11-7-6-10-40(43)60)79-59(32,36-8-4-3-5-9-36)31-67-37-14-12-35(13-15-37)57(76)72-25-18-33(19-26-72)30-71-23-20-34(21-24-71)48-41(62)28-39-54(53(48)65)70(2)69-56(39)73-27-22-46(74)68-58(73)77/h3-11,16-17,28-29,32-35,37,67H,12-15,18-27,30-31H2,1-2H3,(H2,66,75)(H,68,74,77). The maximum atomic E-state index is 17.0. The number of benzene rings is 5. The second-order valence-corrected chi connectivity index (χ2v) is 22.5. The van der Waals surface area contributed by atoms with Gasteiger partial charge >= 0.3 is 6.03 Å². The van der Waals surface area contributed by atoms with E-state index in [2.05, 4.69) is 20.6 Å². The molecular formula is C59H60Cl2F4N8O6. The van der Waals surface area contributed by atoms with Gasteiger partial charge in [0.25, 0.3) is 0 Å². The van der Waals surface area contributed by atoms with Crippen LogP contribution in [0, 0.1) is 35.1 Å². The van der Waals surface area contributed by atoms with Crippen LogP contribution < -0.4 is 30.7 Å². The summed E-state index contributed by atoms with van der Waals surface area (Å²) < 4.78 is 79.3. The molecule has 20 heteroatoms. The van der Waals surface area contributed by atoms with Crippen LogP contribution in [0.1, 0.15) is 104 Å². The van der Waals surface area contributed by atoms with E-state index < -0.39 is 57.7 Å². The number of hydrogen-bond acceptors (Lipinski definition) is 9. The van der Waals surface area contributed by atoms with Crippen molar-refractivity contribution in [2.24, 2.45) is 24.6 Å². The quantitative estimate of drug-likeness (QED) is 0.0955. The number of amides is 5. The Morgan fingerprint density at radius 1 is 0.823 bits per heavy atom. The van der Waals surface area contributed by atoms with Crippen molar-refractivity contribution in [1.29, 1.82) is 0 Å². The number of primary amides is 1. The van der Waals surface area contributed by atoms with Gasteiger partial charge in [0.2, 0.25) is 17.7 Å². The fourth-order valence-electron chi connectivity index (χ4n) is 12.8. The molecule has 4 N–H and O–H groups in total. The number of piperidine rings is 2. The molecule has 5 heterocycles. The first-order valence-corrected chi connectivity index (χ1v) is 27.8. The fourth-order valence-corrected chi connectivity index (χ4v) is 13.3. The molecule has 79 heavy (non-hydrogen) atoms. The van der Waals surface area contributed by atoms with E-state index in [-0.39, 0.29) is 105 Å². The van der Waals surface area contributed by atoms with Gasteiger partial charge in [-0.25, -0.2) is 22.4 Å². The third-order valence-corrected chi connectivity index (χ3v) is 17.8. The average Bonchev–Trinajstić information content (AvgIpc) is 3.85. The molecule has 5 aliphatic rings. The number of hydrogen-bond donors (Lipinski definition) is 3. The van der Waals surface area contributed by atoms with E-state index in [4.69, 9.17) is 38.4 Å². The number of aromatic nitrogens is 2. The molecule has 4 fully saturated rings. The molecule has 0 radical (unpaired) electrons. The summed E-state index contributed by atoms with van der Waals surface area (Å²) in [6.07, 6.45) is 5.81. The topological polar surface area (TPSA) is 164 Å². The van der Waals surface area contributed by atoms with E-state index in [1.54, 1.807) is 31.3 Å². The van der Waals surface area contributed by atoms with Gasteiger partial charge in [-0.3, -0.25) is 29.3 Å². The number of halogens is 6. The number of urea groups is 1. The number of rotatable bonds is 13. The van der Waals surface area contributed by atoms with Crippen LogP contribution in [0.2, 0.25) is 10.0 Å². The van der Waals surface area contributed by atoms with Crippen molar-refractivity contribution in [3.05, 3.63) is 134 Å². The van der Waals surface area contributed by atoms with Crippen molar-refractivity contribution in [2.75, 3.05) is 50.7 Å². The molecule has 4 aliphatic heterocycles. The molecule has 6 aromatic rings. The summed E-state index contributed by atoms with van der Waals surface area (Å²) >= 11 is 13.2. The molecule has 3 saturated heterocycles. The highest BCUT2D eigenvalue weighted by molar-refractivity contribution is 6.34. The Bertz CT molecular complexity index is 3380. The van der Waals surface area contributed by atoms with Crippen molar-refractivity contribution in [1.82, 2.24) is 30.2 Å². The number of nitrogens with two attached hydrogens (primary N) is 1. The van der Waals surface area contributed by atoms with Gasteiger partial charge in [-0.2, -0.15) is 5.10 Å². The number of nitrogens with one attached hydrogen (secondary N) is 2. The minimum Gasteiger partial charge on any atom is -0.480 e. The first-order valence-electron chi connectivity index (χ1n) is 27.0. The summed E-state index contributed by atoms with van der Waals surface area (Å²) in [7, 11) is 1.56. The molecule has 414 valence electrons. The number of likely N-dealkylation sites (tertiary alicyclic amines) is 2. The predicted molar refractivity (Wildman–Crippen MR) is 292 cm³/mol. The van der Waals surface area contributed by atoms with Crippen LogP contribution in [-0.2, 0) is 22.2 Å². The molecule has 14 nitrogen and oxygen atoms in total. The van der Waals surface area contributed by atoms with E-state index in [9.17, 15) is 19.2 Å². The molecule has 1 aromatic heterocycles. The summed E-state index contributed by atoms with van der Waals surface area (Å²) in [6.45, 7) is 5.79. The van der Waals surface area contributed by atoms with Crippen LogP contribution in [-0.4, -0.2) is 95.2 Å². The Morgan fingerprint density at radius 3 is 2.23 bits per heavy atom. The van der Waals surface area contributed by atoms with Gasteiger partial charge in [0, 0.05) is 92.4 Å². The zero-order chi connectivity index (χ0) is 55.4. The number of carbonyl (C=O) groups is 4. The van der Waals surface area contributed by atoms with Crippen molar-refractivity contribution in [3.63, 3.8) is 0 Å². The monoisotopic (exact) mass is 1120 g/mol. The molecule has 5 amide bonds. The van der Waals surface area contributed by atoms with Gasteiger partial charge in [-0.15, -0.1) is 0 Å². The lowest BCUT2D eigenvalue weighted by Crippen LogP contribution is -2.49. The number of ether oxygens (including phenoxy) is 2. The van der Waals surface area contributed by atoms with Gasteiger partial charge in [-0.1, -0.05) is 72.6 Å². The van der Waals surface area contributed by atoms with Crippen molar-refractivity contribution in [3.8, 4) is 28.4 Å². The molecular weight excluding hydrogens is 1060 g/mol. The largest absolute Gasteiger partial charge is 0.480 e. The van der Waals surface area contributed by atoms with Crippen LogP contribution in [0.4, 0.5) is 28.2 Å². The highest BCUT2D eigenvalue weighted by Gasteiger charge is 2.50. The molecule has 1 aliphatic carbocycles. The number of nitrogens with zero attached hydrogens (tertiary/aromatic N) is 5. The van der Waals surface area contributed by atoms with Gasteiger partial charge in [0.15, 0.2) is 28.8 Å². The van der Waals surface area contributed by atoms with E-state index >= 15 is 17.6 Å². The van der Waals surface area contributed by atoms with Crippen LogP contribution in [0.3, 0.4) is 0 Å².